The largest absolute Gasteiger partial charge is 0.461 e. The maximum Gasteiger partial charge on any atom is 0.251 e. The van der Waals surface area contributed by atoms with Crippen molar-refractivity contribution in [2.24, 2.45) is 5.73 Å². The molecule has 1 aliphatic carbocycles. The highest BCUT2D eigenvalue weighted by molar-refractivity contribution is 8.00. The molecule has 31 heavy (non-hydrogen) atoms. The van der Waals surface area contributed by atoms with E-state index in [9.17, 15) is 9.59 Å². The van der Waals surface area contributed by atoms with Crippen molar-refractivity contribution in [1.29, 1.82) is 0 Å². The van der Waals surface area contributed by atoms with E-state index in [-0.39, 0.29) is 11.7 Å². The first-order valence-electron chi connectivity index (χ1n) is 9.78. The number of rotatable bonds is 6. The van der Waals surface area contributed by atoms with Gasteiger partial charge in [-0.05, 0) is 43.0 Å². The van der Waals surface area contributed by atoms with Crippen LogP contribution in [0.2, 0.25) is 0 Å². The van der Waals surface area contributed by atoms with Gasteiger partial charge in [-0.25, -0.2) is 9.97 Å². The minimum Gasteiger partial charge on any atom is -0.461 e. The quantitative estimate of drug-likeness (QED) is 0.335. The Bertz CT molecular complexity index is 1300. The topological polar surface area (TPSA) is 111 Å². The second-order valence-electron chi connectivity index (χ2n) is 7.11. The molecule has 9 heteroatoms. The van der Waals surface area contributed by atoms with Gasteiger partial charge in [0.1, 0.15) is 10.0 Å². The number of thiophene rings is 1. The Labute approximate surface area is 186 Å². The van der Waals surface area contributed by atoms with Gasteiger partial charge in [0.15, 0.2) is 11.6 Å². The number of nitrogens with two attached hydrogens (primary N) is 1. The third kappa shape index (κ3) is 3.82. The molecule has 0 bridgehead atoms. The molecule has 0 saturated carbocycles. The number of hydrogen-bond acceptors (Lipinski definition) is 7. The minimum absolute atomic E-state index is 0.138. The fourth-order valence-corrected chi connectivity index (χ4v) is 5.85. The molecule has 4 aromatic rings. The summed E-state index contributed by atoms with van der Waals surface area (Å²) >= 11 is 2.77. The highest BCUT2D eigenvalue weighted by Crippen LogP contribution is 2.39. The van der Waals surface area contributed by atoms with Crippen LogP contribution in [0.3, 0.4) is 0 Å². The summed E-state index contributed by atoms with van der Waals surface area (Å²) in [6.45, 7) is 0. The summed E-state index contributed by atoms with van der Waals surface area (Å²) in [6, 6.07) is 11.2. The van der Waals surface area contributed by atoms with Gasteiger partial charge in [-0.15, -0.1) is 11.3 Å². The molecule has 3 aromatic heterocycles. The first kappa shape index (κ1) is 19.8. The van der Waals surface area contributed by atoms with Crippen molar-refractivity contribution < 1.29 is 14.0 Å². The minimum atomic E-state index is -0.493. The van der Waals surface area contributed by atoms with Crippen LogP contribution in [0.5, 0.6) is 0 Å². The molecule has 2 amide bonds. The van der Waals surface area contributed by atoms with Crippen molar-refractivity contribution in [3.63, 3.8) is 0 Å². The van der Waals surface area contributed by atoms with Crippen LogP contribution in [0.15, 0.2) is 52.1 Å². The maximum absolute atomic E-state index is 12.7. The number of carbonyl (C=O) groups excluding carboxylic acids is 2. The fraction of sp³-hybridized carbons (Fsp3) is 0.182. The number of carbonyl (C=O) groups is 2. The van der Waals surface area contributed by atoms with Gasteiger partial charge in [-0.2, -0.15) is 0 Å². The number of aromatic nitrogens is 2. The van der Waals surface area contributed by atoms with E-state index in [1.165, 1.54) is 23.1 Å². The van der Waals surface area contributed by atoms with Crippen molar-refractivity contribution in [2.45, 2.75) is 24.3 Å². The average molecular weight is 451 g/mol. The fourth-order valence-electron chi connectivity index (χ4n) is 3.72. The summed E-state index contributed by atoms with van der Waals surface area (Å²) in [5.74, 6) is 0.467. The molecule has 5 rings (SSSR count). The summed E-state index contributed by atoms with van der Waals surface area (Å²) in [5, 5.41) is 4.98. The van der Waals surface area contributed by atoms with Crippen LogP contribution in [0.25, 0.3) is 22.5 Å². The van der Waals surface area contributed by atoms with Crippen LogP contribution in [0.1, 0.15) is 27.2 Å². The Balaban J connectivity index is 1.38. The molecule has 0 saturated heterocycles. The van der Waals surface area contributed by atoms with Crippen LogP contribution in [-0.4, -0.2) is 27.5 Å². The maximum atomic E-state index is 12.7. The zero-order valence-electron chi connectivity index (χ0n) is 16.4. The van der Waals surface area contributed by atoms with E-state index in [1.54, 1.807) is 18.4 Å². The Morgan fingerprint density at radius 1 is 1.16 bits per heavy atom. The van der Waals surface area contributed by atoms with Crippen molar-refractivity contribution in [3.05, 3.63) is 58.7 Å². The number of aryl methyl sites for hydroxylation is 1. The summed E-state index contributed by atoms with van der Waals surface area (Å²) in [4.78, 5) is 35.0. The highest BCUT2D eigenvalue weighted by Gasteiger charge is 2.26. The lowest BCUT2D eigenvalue weighted by molar-refractivity contribution is -0.113. The Morgan fingerprint density at radius 3 is 2.84 bits per heavy atom. The number of nitrogens with zero attached hydrogens (tertiary/aromatic N) is 2. The summed E-state index contributed by atoms with van der Waals surface area (Å²) in [6.07, 6.45) is 4.34. The van der Waals surface area contributed by atoms with Crippen LogP contribution in [-0.2, 0) is 17.6 Å². The summed E-state index contributed by atoms with van der Waals surface area (Å²) in [7, 11) is 0. The molecule has 0 fully saturated rings. The van der Waals surface area contributed by atoms with Gasteiger partial charge in [0.2, 0.25) is 5.91 Å². The first-order chi connectivity index (χ1) is 15.1. The molecule has 7 nitrogen and oxygen atoms in total. The Morgan fingerprint density at radius 2 is 2.03 bits per heavy atom. The zero-order valence-corrected chi connectivity index (χ0v) is 18.0. The molecule has 3 heterocycles. The lowest BCUT2D eigenvalue weighted by Crippen LogP contribution is -2.19. The van der Waals surface area contributed by atoms with Gasteiger partial charge in [0.05, 0.1) is 23.1 Å². The van der Waals surface area contributed by atoms with Gasteiger partial charge < -0.3 is 15.5 Å². The van der Waals surface area contributed by atoms with E-state index in [0.717, 1.165) is 40.6 Å². The number of anilines is 1. The second kappa shape index (κ2) is 8.16. The lowest BCUT2D eigenvalue weighted by Gasteiger charge is -2.08. The average Bonchev–Trinajstić information content (AvgIpc) is 3.49. The number of hydrogen-bond donors (Lipinski definition) is 2. The van der Waals surface area contributed by atoms with E-state index >= 15 is 0 Å². The molecule has 0 aliphatic heterocycles. The molecular weight excluding hydrogens is 432 g/mol. The van der Waals surface area contributed by atoms with Crippen LogP contribution in [0.4, 0.5) is 5.00 Å². The second-order valence-corrected chi connectivity index (χ2v) is 9.18. The van der Waals surface area contributed by atoms with Gasteiger partial charge in [-0.1, -0.05) is 30.0 Å². The number of para-hydroxylation sites is 1. The van der Waals surface area contributed by atoms with Crippen LogP contribution < -0.4 is 11.1 Å². The molecule has 0 unspecified atom stereocenters. The van der Waals surface area contributed by atoms with E-state index in [1.807, 2.05) is 24.3 Å². The van der Waals surface area contributed by atoms with Crippen LogP contribution in [0, 0.1) is 0 Å². The van der Waals surface area contributed by atoms with Gasteiger partial charge in [-0.3, -0.25) is 9.59 Å². The SMILES string of the molecule is NC(=O)c1c(NC(=O)CSc2nc(-c3ccco3)nc3ccccc23)sc2c1CCC2. The molecule has 1 aromatic carbocycles. The van der Waals surface area contributed by atoms with Gasteiger partial charge in [0.25, 0.3) is 5.91 Å². The lowest BCUT2D eigenvalue weighted by atomic mass is 10.1. The number of nitrogens with one attached hydrogen (secondary N) is 1. The summed E-state index contributed by atoms with van der Waals surface area (Å²) in [5.41, 5.74) is 7.81. The highest BCUT2D eigenvalue weighted by atomic mass is 32.2. The third-order valence-electron chi connectivity index (χ3n) is 5.07. The van der Waals surface area contributed by atoms with Crippen molar-refractivity contribution in [3.8, 4) is 11.6 Å². The Hall–Kier alpha value is -3.17. The van der Waals surface area contributed by atoms with E-state index in [0.29, 0.717) is 27.2 Å². The predicted molar refractivity (Wildman–Crippen MR) is 121 cm³/mol. The third-order valence-corrected chi connectivity index (χ3v) is 7.27. The smallest absolute Gasteiger partial charge is 0.251 e. The monoisotopic (exact) mass is 450 g/mol. The summed E-state index contributed by atoms with van der Waals surface area (Å²) < 4.78 is 5.44. The molecule has 0 radical (unpaired) electrons. The van der Waals surface area contributed by atoms with Crippen molar-refractivity contribution in [2.75, 3.05) is 11.1 Å². The number of benzene rings is 1. The molecule has 1 aliphatic rings. The van der Waals surface area contributed by atoms with E-state index < -0.39 is 5.91 Å². The van der Waals surface area contributed by atoms with Gasteiger partial charge in [0, 0.05) is 10.3 Å². The number of fused-ring (bicyclic) bond motifs is 2. The predicted octanol–water partition coefficient (Wildman–Crippen LogP) is 4.27. The first-order valence-corrected chi connectivity index (χ1v) is 11.6. The van der Waals surface area contributed by atoms with E-state index in [2.05, 4.69) is 15.3 Å². The standard InChI is InChI=1S/C22H18N4O3S2/c23-19(28)18-13-6-3-9-16(13)31-22(18)25-17(27)11-30-21-12-5-1-2-7-14(12)24-20(26-21)15-8-4-10-29-15/h1-2,4-5,7-8,10H,3,6,9,11H2,(H2,23,28)(H,25,27). The zero-order chi connectivity index (χ0) is 21.4. The number of furan rings is 1. The number of primary amides is 1. The molecule has 0 spiro atoms. The Kier molecular flexibility index (Phi) is 5.21. The normalized spacial score (nSPS) is 12.8. The van der Waals surface area contributed by atoms with Crippen molar-refractivity contribution in [1.82, 2.24) is 9.97 Å². The molecule has 3 N–H and O–H groups in total. The molecule has 0 atom stereocenters. The van der Waals surface area contributed by atoms with E-state index in [4.69, 9.17) is 10.2 Å². The number of thioether (sulfide) groups is 1. The van der Waals surface area contributed by atoms with Crippen molar-refractivity contribution >= 4 is 50.8 Å². The molecule has 156 valence electrons. The van der Waals surface area contributed by atoms with Crippen LogP contribution >= 0.6 is 23.1 Å². The molecular formula is C22H18N4O3S2. The van der Waals surface area contributed by atoms with Gasteiger partial charge >= 0.3 is 0 Å². The number of amides is 2.